The summed E-state index contributed by atoms with van der Waals surface area (Å²) in [6, 6.07) is 14.7. The van der Waals surface area contributed by atoms with Gasteiger partial charge in [0.15, 0.2) is 0 Å². The minimum Gasteiger partial charge on any atom is -0.497 e. The second-order valence-corrected chi connectivity index (χ2v) is 10.3. The van der Waals surface area contributed by atoms with Crippen LogP contribution < -0.4 is 10.1 Å². The lowest BCUT2D eigenvalue weighted by Gasteiger charge is -2.31. The van der Waals surface area contributed by atoms with Gasteiger partial charge < -0.3 is 15.0 Å². The van der Waals surface area contributed by atoms with Crippen LogP contribution in [0.3, 0.4) is 0 Å². The summed E-state index contributed by atoms with van der Waals surface area (Å²) in [6.45, 7) is 7.95. The van der Waals surface area contributed by atoms with E-state index in [9.17, 15) is 9.59 Å². The molecule has 0 aliphatic rings. The second-order valence-electron chi connectivity index (χ2n) is 8.69. The summed E-state index contributed by atoms with van der Waals surface area (Å²) in [5, 5.41) is 3.69. The van der Waals surface area contributed by atoms with Gasteiger partial charge in [-0.3, -0.25) is 9.59 Å². The summed E-state index contributed by atoms with van der Waals surface area (Å²) in [5.41, 5.74) is 0.583. The van der Waals surface area contributed by atoms with Gasteiger partial charge in [0.05, 0.1) is 7.11 Å². The molecule has 0 bridgehead atoms. The molecule has 0 heterocycles. The number of nitrogens with zero attached hydrogens (tertiary/aromatic N) is 1. The number of methoxy groups -OCH3 is 1. The summed E-state index contributed by atoms with van der Waals surface area (Å²) < 4.78 is 5.22. The van der Waals surface area contributed by atoms with Gasteiger partial charge in [0, 0.05) is 28.4 Å². The molecule has 2 aromatic rings. The first-order chi connectivity index (χ1) is 15.1. The van der Waals surface area contributed by atoms with Crippen molar-refractivity contribution in [3.63, 3.8) is 0 Å². The van der Waals surface area contributed by atoms with Crippen molar-refractivity contribution in [3.05, 3.63) is 59.1 Å². The molecule has 0 spiro atoms. The number of hydrogen-bond acceptors (Lipinski definition) is 4. The average Bonchev–Trinajstić information content (AvgIpc) is 2.75. The Bertz CT molecular complexity index is 880. The third-order valence-corrected chi connectivity index (χ3v) is 6.15. The molecule has 2 amide bonds. The Morgan fingerprint density at radius 2 is 1.72 bits per heavy atom. The molecule has 0 unspecified atom stereocenters. The maximum Gasteiger partial charge on any atom is 0.242 e. The fourth-order valence-electron chi connectivity index (χ4n) is 3.07. The van der Waals surface area contributed by atoms with Crippen LogP contribution in [0.2, 0.25) is 5.02 Å². The molecule has 0 radical (unpaired) electrons. The quantitative estimate of drug-likeness (QED) is 0.360. The van der Waals surface area contributed by atoms with E-state index in [0.717, 1.165) is 28.4 Å². The summed E-state index contributed by atoms with van der Waals surface area (Å²) in [6.07, 6.45) is 1.10. The Hall–Kier alpha value is -2.18. The fraction of sp³-hybridized carbons (Fsp3) is 0.440. The molecule has 2 rings (SSSR count). The van der Waals surface area contributed by atoms with Crippen molar-refractivity contribution in [2.75, 3.05) is 12.9 Å². The van der Waals surface area contributed by atoms with Gasteiger partial charge in [-0.05, 0) is 81.8 Å². The van der Waals surface area contributed by atoms with E-state index in [4.69, 9.17) is 16.3 Å². The number of thioether (sulfide) groups is 1. The Morgan fingerprint density at radius 3 is 2.28 bits per heavy atom. The van der Waals surface area contributed by atoms with Crippen LogP contribution in [0.5, 0.6) is 5.75 Å². The number of ether oxygens (including phenoxy) is 1. The van der Waals surface area contributed by atoms with E-state index in [0.29, 0.717) is 18.0 Å². The predicted octanol–water partition coefficient (Wildman–Crippen LogP) is 5.55. The molecular weight excluding hydrogens is 444 g/mol. The maximum absolute atomic E-state index is 13.1. The Balaban J connectivity index is 2.03. The first-order valence-corrected chi connectivity index (χ1v) is 12.1. The third-order valence-electron chi connectivity index (χ3n) is 4.79. The minimum atomic E-state index is -0.576. The molecule has 0 saturated carbocycles. The zero-order valence-corrected chi connectivity index (χ0v) is 21.1. The molecule has 0 aromatic heterocycles. The molecule has 0 aliphatic carbocycles. The molecule has 0 saturated heterocycles. The van der Waals surface area contributed by atoms with E-state index in [2.05, 4.69) is 5.32 Å². The largest absolute Gasteiger partial charge is 0.497 e. The van der Waals surface area contributed by atoms with Gasteiger partial charge in [0.25, 0.3) is 0 Å². The lowest BCUT2D eigenvalue weighted by atomic mass is 10.1. The van der Waals surface area contributed by atoms with Crippen LogP contribution in [-0.2, 0) is 16.1 Å². The topological polar surface area (TPSA) is 58.6 Å². The van der Waals surface area contributed by atoms with Crippen molar-refractivity contribution >= 4 is 35.2 Å². The first kappa shape index (κ1) is 26.1. The van der Waals surface area contributed by atoms with Gasteiger partial charge in [-0.2, -0.15) is 0 Å². The number of rotatable bonds is 10. The van der Waals surface area contributed by atoms with E-state index in [1.807, 2.05) is 69.3 Å². The molecule has 0 aliphatic heterocycles. The van der Waals surface area contributed by atoms with Crippen molar-refractivity contribution in [3.8, 4) is 5.75 Å². The van der Waals surface area contributed by atoms with Gasteiger partial charge in [0.1, 0.15) is 11.8 Å². The van der Waals surface area contributed by atoms with Crippen LogP contribution >= 0.6 is 23.4 Å². The van der Waals surface area contributed by atoms with E-state index in [1.165, 1.54) is 0 Å². The Kier molecular flexibility index (Phi) is 9.91. The highest BCUT2D eigenvalue weighted by Crippen LogP contribution is 2.22. The molecule has 174 valence electrons. The second kappa shape index (κ2) is 12.2. The number of halogens is 1. The lowest BCUT2D eigenvalue weighted by molar-refractivity contribution is -0.141. The minimum absolute atomic E-state index is 0.0333. The summed E-state index contributed by atoms with van der Waals surface area (Å²) in [7, 11) is 1.62. The molecule has 0 fully saturated rings. The molecule has 2 aromatic carbocycles. The third kappa shape index (κ3) is 8.75. The summed E-state index contributed by atoms with van der Waals surface area (Å²) in [5.74, 6) is 1.38. The van der Waals surface area contributed by atoms with E-state index in [1.54, 1.807) is 30.7 Å². The molecule has 7 heteroatoms. The number of carbonyl (C=O) groups is 2. The van der Waals surface area contributed by atoms with Crippen molar-refractivity contribution in [2.45, 2.75) is 63.6 Å². The summed E-state index contributed by atoms with van der Waals surface area (Å²) >= 11 is 7.62. The lowest BCUT2D eigenvalue weighted by Crippen LogP contribution is -2.52. The van der Waals surface area contributed by atoms with Crippen molar-refractivity contribution in [1.82, 2.24) is 10.2 Å². The van der Waals surface area contributed by atoms with Crippen LogP contribution in [0, 0.1) is 0 Å². The van der Waals surface area contributed by atoms with Crippen LogP contribution in [0.4, 0.5) is 0 Å². The zero-order valence-electron chi connectivity index (χ0n) is 19.5. The molecular formula is C25H33ClN2O3S. The van der Waals surface area contributed by atoms with Gasteiger partial charge in [0.2, 0.25) is 11.8 Å². The van der Waals surface area contributed by atoms with Crippen molar-refractivity contribution in [1.29, 1.82) is 0 Å². The fourth-order valence-corrected chi connectivity index (χ4v) is 4.05. The average molecular weight is 477 g/mol. The molecule has 1 atom stereocenters. The number of amides is 2. The van der Waals surface area contributed by atoms with Crippen LogP contribution in [-0.4, -0.2) is 41.2 Å². The smallest absolute Gasteiger partial charge is 0.242 e. The molecule has 32 heavy (non-hydrogen) atoms. The first-order valence-electron chi connectivity index (χ1n) is 10.7. The monoisotopic (exact) mass is 476 g/mol. The number of carbonyl (C=O) groups excluding carboxylic acids is 2. The van der Waals surface area contributed by atoms with E-state index >= 15 is 0 Å². The predicted molar refractivity (Wildman–Crippen MR) is 132 cm³/mol. The van der Waals surface area contributed by atoms with Crippen LogP contribution in [0.25, 0.3) is 0 Å². The van der Waals surface area contributed by atoms with Gasteiger partial charge in [-0.25, -0.2) is 0 Å². The molecule has 5 nitrogen and oxygen atoms in total. The number of nitrogens with one attached hydrogen (secondary N) is 1. The highest BCUT2D eigenvalue weighted by molar-refractivity contribution is 7.99. The van der Waals surface area contributed by atoms with Gasteiger partial charge in [-0.15, -0.1) is 11.8 Å². The molecule has 1 N–H and O–H groups in total. The standard InChI is InChI=1S/C25H33ClN2O3S/c1-18(24(30)27-25(2,3)4)28(17-19-8-12-21(31-5)13-9-19)23(29)7-6-16-32-22-14-10-20(26)11-15-22/h8-15,18H,6-7,16-17H2,1-5H3,(H,27,30)/t18-/m0/s1. The number of benzene rings is 2. The zero-order chi connectivity index (χ0) is 23.7. The van der Waals surface area contributed by atoms with Crippen molar-refractivity contribution < 1.29 is 14.3 Å². The SMILES string of the molecule is COc1ccc(CN(C(=O)CCCSc2ccc(Cl)cc2)[C@@H](C)C(=O)NC(C)(C)C)cc1. The van der Waals surface area contributed by atoms with Crippen molar-refractivity contribution in [2.24, 2.45) is 0 Å². The summed E-state index contributed by atoms with van der Waals surface area (Å²) in [4.78, 5) is 28.7. The Morgan fingerprint density at radius 1 is 1.09 bits per heavy atom. The van der Waals surface area contributed by atoms with E-state index < -0.39 is 6.04 Å². The van der Waals surface area contributed by atoms with Crippen LogP contribution in [0.15, 0.2) is 53.4 Å². The maximum atomic E-state index is 13.1. The van der Waals surface area contributed by atoms with Gasteiger partial charge in [-0.1, -0.05) is 23.7 Å². The highest BCUT2D eigenvalue weighted by Gasteiger charge is 2.28. The van der Waals surface area contributed by atoms with Crippen LogP contribution in [0.1, 0.15) is 46.1 Å². The highest BCUT2D eigenvalue weighted by atomic mass is 35.5. The number of hydrogen-bond donors (Lipinski definition) is 1. The normalized spacial score (nSPS) is 12.2. The van der Waals surface area contributed by atoms with E-state index in [-0.39, 0.29) is 17.4 Å². The Labute approximate surface area is 200 Å². The van der Waals surface area contributed by atoms with Gasteiger partial charge >= 0.3 is 0 Å².